The highest BCUT2D eigenvalue weighted by Crippen LogP contribution is 2.15. The summed E-state index contributed by atoms with van der Waals surface area (Å²) in [5, 5.41) is 8.79. The standard InChI is InChI=1S/C14H21NO5S.ClH/c1-3-8-15(11-14(16)17)9-10-20-12-4-6-13(7-5-12)21(2,18)19;/h4-7H,3,8-11H2,1-2H3,(H,16,17);1H. The number of hydrogen-bond acceptors (Lipinski definition) is 5. The number of halogens is 1. The topological polar surface area (TPSA) is 83.9 Å². The molecule has 0 amide bonds. The van der Waals surface area contributed by atoms with Crippen LogP contribution in [0.15, 0.2) is 29.2 Å². The Kier molecular flexibility index (Phi) is 9.08. The number of sulfone groups is 1. The molecule has 0 spiro atoms. The van der Waals surface area contributed by atoms with Gasteiger partial charge < -0.3 is 9.84 Å². The van der Waals surface area contributed by atoms with Crippen LogP contribution in [0.25, 0.3) is 0 Å². The Bertz CT molecular complexity index is 559. The third-order valence-corrected chi connectivity index (χ3v) is 3.96. The summed E-state index contributed by atoms with van der Waals surface area (Å²) in [5.41, 5.74) is 0. The van der Waals surface area contributed by atoms with E-state index in [2.05, 4.69) is 0 Å². The smallest absolute Gasteiger partial charge is 0.317 e. The van der Waals surface area contributed by atoms with E-state index in [0.717, 1.165) is 12.7 Å². The molecule has 0 atom stereocenters. The van der Waals surface area contributed by atoms with Gasteiger partial charge in [0.2, 0.25) is 0 Å². The molecule has 1 aromatic rings. The van der Waals surface area contributed by atoms with Crippen LogP contribution in [0.2, 0.25) is 0 Å². The zero-order valence-electron chi connectivity index (χ0n) is 12.7. The number of aliphatic carboxylic acids is 1. The predicted octanol–water partition coefficient (Wildman–Crippen LogP) is 1.69. The van der Waals surface area contributed by atoms with Gasteiger partial charge in [0.05, 0.1) is 11.4 Å². The van der Waals surface area contributed by atoms with Gasteiger partial charge in [-0.3, -0.25) is 9.69 Å². The summed E-state index contributed by atoms with van der Waals surface area (Å²) in [4.78, 5) is 12.8. The van der Waals surface area contributed by atoms with Crippen molar-refractivity contribution in [1.29, 1.82) is 0 Å². The van der Waals surface area contributed by atoms with Gasteiger partial charge in [-0.05, 0) is 37.2 Å². The maximum atomic E-state index is 11.3. The zero-order chi connectivity index (χ0) is 15.9. The van der Waals surface area contributed by atoms with E-state index < -0.39 is 15.8 Å². The largest absolute Gasteiger partial charge is 0.492 e. The van der Waals surface area contributed by atoms with Gasteiger partial charge in [0.25, 0.3) is 0 Å². The first kappa shape index (κ1) is 20.7. The molecule has 0 saturated heterocycles. The van der Waals surface area contributed by atoms with Gasteiger partial charge in [0, 0.05) is 12.8 Å². The second-order valence-electron chi connectivity index (χ2n) is 4.76. The number of hydrogen-bond donors (Lipinski definition) is 1. The molecule has 0 aliphatic heterocycles. The highest BCUT2D eigenvalue weighted by atomic mass is 35.5. The molecule has 0 bridgehead atoms. The highest BCUT2D eigenvalue weighted by Gasteiger charge is 2.09. The Labute approximate surface area is 137 Å². The summed E-state index contributed by atoms with van der Waals surface area (Å²) in [6.45, 7) is 3.53. The first-order chi connectivity index (χ1) is 9.82. The number of ether oxygens (including phenoxy) is 1. The van der Waals surface area contributed by atoms with Crippen molar-refractivity contribution >= 4 is 28.2 Å². The van der Waals surface area contributed by atoms with E-state index in [-0.39, 0.29) is 23.8 Å². The molecule has 0 fully saturated rings. The van der Waals surface area contributed by atoms with Crippen LogP contribution in [-0.4, -0.2) is 56.9 Å². The van der Waals surface area contributed by atoms with Crippen molar-refractivity contribution in [3.8, 4) is 5.75 Å². The van der Waals surface area contributed by atoms with Crippen LogP contribution in [0.3, 0.4) is 0 Å². The van der Waals surface area contributed by atoms with Crippen molar-refractivity contribution in [2.75, 3.05) is 32.5 Å². The monoisotopic (exact) mass is 351 g/mol. The Morgan fingerprint density at radius 2 is 1.82 bits per heavy atom. The van der Waals surface area contributed by atoms with E-state index in [1.807, 2.05) is 6.92 Å². The molecule has 0 saturated carbocycles. The lowest BCUT2D eigenvalue weighted by Crippen LogP contribution is -2.34. The number of carboxylic acid groups (broad SMARTS) is 1. The SMILES string of the molecule is CCCN(CCOc1ccc(S(C)(=O)=O)cc1)CC(=O)O.Cl. The molecule has 1 aromatic carbocycles. The minimum atomic E-state index is -3.20. The Morgan fingerprint density at radius 1 is 1.23 bits per heavy atom. The third kappa shape index (κ3) is 7.63. The maximum Gasteiger partial charge on any atom is 0.317 e. The molecule has 0 radical (unpaired) electrons. The molecule has 8 heteroatoms. The van der Waals surface area contributed by atoms with Crippen LogP contribution in [-0.2, 0) is 14.6 Å². The second kappa shape index (κ2) is 9.66. The summed E-state index contributed by atoms with van der Waals surface area (Å²) in [6.07, 6.45) is 2.02. The fraction of sp³-hybridized carbons (Fsp3) is 0.500. The Balaban J connectivity index is 0.00000441. The van der Waals surface area contributed by atoms with Crippen molar-refractivity contribution in [1.82, 2.24) is 4.90 Å². The number of nitrogens with zero attached hydrogens (tertiary/aromatic N) is 1. The van der Waals surface area contributed by atoms with Gasteiger partial charge in [0.15, 0.2) is 9.84 Å². The first-order valence-corrected chi connectivity index (χ1v) is 8.59. The molecule has 0 aromatic heterocycles. The molecule has 0 unspecified atom stereocenters. The molecule has 1 rings (SSSR count). The second-order valence-corrected chi connectivity index (χ2v) is 6.78. The molecule has 1 N–H and O–H groups in total. The number of benzene rings is 1. The van der Waals surface area contributed by atoms with E-state index in [9.17, 15) is 13.2 Å². The molecule has 0 heterocycles. The fourth-order valence-electron chi connectivity index (χ4n) is 1.85. The van der Waals surface area contributed by atoms with E-state index in [4.69, 9.17) is 9.84 Å². The molecular weight excluding hydrogens is 330 g/mol. The minimum absolute atomic E-state index is 0. The average molecular weight is 352 g/mol. The van der Waals surface area contributed by atoms with Crippen molar-refractivity contribution in [2.45, 2.75) is 18.2 Å². The summed E-state index contributed by atoms with van der Waals surface area (Å²) < 4.78 is 28.1. The lowest BCUT2D eigenvalue weighted by Gasteiger charge is -2.19. The van der Waals surface area contributed by atoms with Crippen LogP contribution in [0.1, 0.15) is 13.3 Å². The number of carboxylic acids is 1. The molecule has 22 heavy (non-hydrogen) atoms. The van der Waals surface area contributed by atoms with Crippen LogP contribution in [0.4, 0.5) is 0 Å². The third-order valence-electron chi connectivity index (χ3n) is 2.83. The summed E-state index contributed by atoms with van der Waals surface area (Å²) in [6, 6.07) is 6.17. The molecule has 0 aliphatic carbocycles. The summed E-state index contributed by atoms with van der Waals surface area (Å²) >= 11 is 0. The summed E-state index contributed by atoms with van der Waals surface area (Å²) in [5.74, 6) is -0.296. The fourth-order valence-corrected chi connectivity index (χ4v) is 2.48. The van der Waals surface area contributed by atoms with Crippen LogP contribution in [0, 0.1) is 0 Å². The van der Waals surface area contributed by atoms with Gasteiger partial charge in [-0.25, -0.2) is 8.42 Å². The van der Waals surface area contributed by atoms with E-state index >= 15 is 0 Å². The van der Waals surface area contributed by atoms with Gasteiger partial charge in [-0.1, -0.05) is 6.92 Å². The van der Waals surface area contributed by atoms with Crippen LogP contribution < -0.4 is 4.74 Å². The van der Waals surface area contributed by atoms with Gasteiger partial charge in [-0.15, -0.1) is 12.4 Å². The molecule has 6 nitrogen and oxygen atoms in total. The van der Waals surface area contributed by atoms with E-state index in [1.165, 1.54) is 12.1 Å². The summed E-state index contributed by atoms with van der Waals surface area (Å²) in [7, 11) is -3.20. The van der Waals surface area contributed by atoms with Gasteiger partial charge in [-0.2, -0.15) is 0 Å². The Hall–Kier alpha value is -1.31. The highest BCUT2D eigenvalue weighted by molar-refractivity contribution is 7.90. The molecule has 0 aliphatic rings. The zero-order valence-corrected chi connectivity index (χ0v) is 14.3. The van der Waals surface area contributed by atoms with E-state index in [1.54, 1.807) is 17.0 Å². The number of carbonyl (C=O) groups is 1. The van der Waals surface area contributed by atoms with Gasteiger partial charge >= 0.3 is 5.97 Å². The van der Waals surface area contributed by atoms with Crippen LogP contribution in [0.5, 0.6) is 5.75 Å². The van der Waals surface area contributed by atoms with Crippen LogP contribution >= 0.6 is 12.4 Å². The average Bonchev–Trinajstić information content (AvgIpc) is 2.38. The minimum Gasteiger partial charge on any atom is -0.492 e. The van der Waals surface area contributed by atoms with Crippen molar-refractivity contribution < 1.29 is 23.1 Å². The number of rotatable bonds is 9. The quantitative estimate of drug-likeness (QED) is 0.728. The van der Waals surface area contributed by atoms with E-state index in [0.29, 0.717) is 25.4 Å². The normalized spacial score (nSPS) is 11.0. The van der Waals surface area contributed by atoms with Crippen molar-refractivity contribution in [3.05, 3.63) is 24.3 Å². The first-order valence-electron chi connectivity index (χ1n) is 6.70. The molecule has 126 valence electrons. The lowest BCUT2D eigenvalue weighted by molar-refractivity contribution is -0.138. The van der Waals surface area contributed by atoms with Crippen molar-refractivity contribution in [3.63, 3.8) is 0 Å². The predicted molar refractivity (Wildman–Crippen MR) is 86.7 cm³/mol. The molecular formula is C14H22ClNO5S. The maximum absolute atomic E-state index is 11.3. The lowest BCUT2D eigenvalue weighted by atomic mass is 10.3. The van der Waals surface area contributed by atoms with Crippen molar-refractivity contribution in [2.24, 2.45) is 0 Å². The van der Waals surface area contributed by atoms with Gasteiger partial charge in [0.1, 0.15) is 12.4 Å². The Morgan fingerprint density at radius 3 is 2.27 bits per heavy atom.